The van der Waals surface area contributed by atoms with Crippen LogP contribution in [0.5, 0.6) is 0 Å². The van der Waals surface area contributed by atoms with Crippen LogP contribution in [0.1, 0.15) is 24.8 Å². The van der Waals surface area contributed by atoms with Gasteiger partial charge in [-0.3, -0.25) is 4.90 Å². The van der Waals surface area contributed by atoms with E-state index in [1.807, 2.05) is 35.2 Å². The Morgan fingerprint density at radius 3 is 2.43 bits per heavy atom. The van der Waals surface area contributed by atoms with E-state index in [1.54, 1.807) is 0 Å². The van der Waals surface area contributed by atoms with Gasteiger partial charge >= 0.3 is 6.09 Å². The lowest BCUT2D eigenvalue weighted by Crippen LogP contribution is -2.46. The van der Waals surface area contributed by atoms with Gasteiger partial charge in [-0.15, -0.1) is 12.4 Å². The van der Waals surface area contributed by atoms with Crippen molar-refractivity contribution in [3.05, 3.63) is 35.9 Å². The Balaban J connectivity index is 0.00000192. The van der Waals surface area contributed by atoms with Gasteiger partial charge in [0.25, 0.3) is 0 Å². The summed E-state index contributed by atoms with van der Waals surface area (Å²) >= 11 is 0. The minimum Gasteiger partial charge on any atom is -0.445 e. The monoisotopic (exact) mass is 339 g/mol. The van der Waals surface area contributed by atoms with Gasteiger partial charge in [0.1, 0.15) is 6.61 Å². The van der Waals surface area contributed by atoms with Crippen molar-refractivity contribution in [1.82, 2.24) is 9.80 Å². The smallest absolute Gasteiger partial charge is 0.410 e. The van der Waals surface area contributed by atoms with Crippen LogP contribution in [0, 0.1) is 0 Å². The van der Waals surface area contributed by atoms with Gasteiger partial charge < -0.3 is 15.4 Å². The minimum absolute atomic E-state index is 0. The van der Waals surface area contributed by atoms with Crippen LogP contribution in [0.3, 0.4) is 0 Å². The number of hydrogen-bond donors (Lipinski definition) is 1. The summed E-state index contributed by atoms with van der Waals surface area (Å²) in [7, 11) is 0. The van der Waals surface area contributed by atoms with E-state index in [-0.39, 0.29) is 18.5 Å². The summed E-state index contributed by atoms with van der Waals surface area (Å²) in [6, 6.07) is 10.7. The Morgan fingerprint density at radius 1 is 1.13 bits per heavy atom. The first-order valence-electron chi connectivity index (χ1n) is 8.17. The van der Waals surface area contributed by atoms with Gasteiger partial charge in [-0.1, -0.05) is 30.3 Å². The van der Waals surface area contributed by atoms with Gasteiger partial charge in [0.2, 0.25) is 0 Å². The van der Waals surface area contributed by atoms with Crippen molar-refractivity contribution >= 4 is 18.5 Å². The Hall–Kier alpha value is -1.30. The summed E-state index contributed by atoms with van der Waals surface area (Å²) in [5.74, 6) is 0. The molecule has 0 spiro atoms. The molecule has 2 aliphatic heterocycles. The van der Waals surface area contributed by atoms with Crippen molar-refractivity contribution in [2.45, 2.75) is 38.0 Å². The van der Waals surface area contributed by atoms with Crippen molar-refractivity contribution in [2.24, 2.45) is 5.73 Å². The highest BCUT2D eigenvalue weighted by Crippen LogP contribution is 2.21. The van der Waals surface area contributed by atoms with Crippen LogP contribution < -0.4 is 5.73 Å². The number of hydrogen-bond acceptors (Lipinski definition) is 4. The maximum Gasteiger partial charge on any atom is 0.410 e. The zero-order valence-electron chi connectivity index (χ0n) is 13.4. The fourth-order valence-electron chi connectivity index (χ4n) is 3.37. The van der Waals surface area contributed by atoms with Crippen molar-refractivity contribution < 1.29 is 9.53 Å². The Kier molecular flexibility index (Phi) is 6.69. The molecule has 0 aromatic heterocycles. The Morgan fingerprint density at radius 2 is 1.83 bits per heavy atom. The number of benzene rings is 1. The van der Waals surface area contributed by atoms with Crippen LogP contribution in [0.4, 0.5) is 4.79 Å². The zero-order valence-corrected chi connectivity index (χ0v) is 14.2. The van der Waals surface area contributed by atoms with E-state index in [1.165, 1.54) is 0 Å². The summed E-state index contributed by atoms with van der Waals surface area (Å²) in [6.45, 7) is 4.02. The topological polar surface area (TPSA) is 58.8 Å². The number of amides is 1. The number of ether oxygens (including phenoxy) is 1. The normalized spacial score (nSPS) is 22.7. The van der Waals surface area contributed by atoms with Crippen LogP contribution in [-0.4, -0.2) is 54.2 Å². The first-order chi connectivity index (χ1) is 10.7. The molecule has 1 unspecified atom stereocenters. The van der Waals surface area contributed by atoms with E-state index in [0.29, 0.717) is 18.7 Å². The third kappa shape index (κ3) is 4.83. The van der Waals surface area contributed by atoms with Crippen LogP contribution in [0.2, 0.25) is 0 Å². The third-order valence-corrected chi connectivity index (χ3v) is 4.70. The Labute approximate surface area is 144 Å². The van der Waals surface area contributed by atoms with Crippen molar-refractivity contribution in [1.29, 1.82) is 0 Å². The zero-order chi connectivity index (χ0) is 15.4. The molecule has 2 saturated heterocycles. The first-order valence-corrected chi connectivity index (χ1v) is 8.17. The summed E-state index contributed by atoms with van der Waals surface area (Å²) in [4.78, 5) is 16.4. The molecule has 2 fully saturated rings. The second-order valence-electron chi connectivity index (χ2n) is 6.30. The average molecular weight is 340 g/mol. The lowest BCUT2D eigenvalue weighted by Gasteiger charge is -2.36. The van der Waals surface area contributed by atoms with Gasteiger partial charge in [-0.05, 0) is 24.8 Å². The molecule has 0 aliphatic carbocycles. The maximum atomic E-state index is 12.1. The van der Waals surface area contributed by atoms with Gasteiger partial charge in [-0.25, -0.2) is 4.79 Å². The molecule has 1 amide bonds. The molecule has 128 valence electrons. The first kappa shape index (κ1) is 18.0. The van der Waals surface area contributed by atoms with Crippen LogP contribution in [0.25, 0.3) is 0 Å². The number of piperidine rings is 1. The van der Waals surface area contributed by atoms with Gasteiger partial charge in [0, 0.05) is 38.3 Å². The van der Waals surface area contributed by atoms with E-state index >= 15 is 0 Å². The molecule has 1 aromatic carbocycles. The molecule has 1 atom stereocenters. The number of halogens is 1. The molecule has 0 radical (unpaired) electrons. The highest BCUT2D eigenvalue weighted by atomic mass is 35.5. The predicted octanol–water partition coefficient (Wildman–Crippen LogP) is 2.24. The average Bonchev–Trinajstić information content (AvgIpc) is 3.00. The number of likely N-dealkylation sites (tertiary alicyclic amines) is 2. The second-order valence-corrected chi connectivity index (χ2v) is 6.30. The van der Waals surface area contributed by atoms with Crippen molar-refractivity contribution in [2.75, 3.05) is 26.2 Å². The van der Waals surface area contributed by atoms with Crippen molar-refractivity contribution in [3.8, 4) is 0 Å². The highest BCUT2D eigenvalue weighted by molar-refractivity contribution is 5.85. The predicted molar refractivity (Wildman–Crippen MR) is 92.6 cm³/mol. The van der Waals surface area contributed by atoms with Crippen LogP contribution in [0.15, 0.2) is 30.3 Å². The van der Waals surface area contributed by atoms with Gasteiger partial charge in [0.15, 0.2) is 0 Å². The second kappa shape index (κ2) is 8.52. The summed E-state index contributed by atoms with van der Waals surface area (Å²) in [6.07, 6.45) is 2.94. The van der Waals surface area contributed by atoms with E-state index < -0.39 is 0 Å². The molecule has 23 heavy (non-hydrogen) atoms. The molecule has 0 bridgehead atoms. The van der Waals surface area contributed by atoms with Crippen molar-refractivity contribution in [3.63, 3.8) is 0 Å². The molecule has 3 rings (SSSR count). The molecule has 2 aliphatic rings. The molecular formula is C17H26ClN3O2. The highest BCUT2D eigenvalue weighted by Gasteiger charge is 2.30. The SMILES string of the molecule is Cl.NC1CCN(C2CCN(C(=O)OCc3ccccc3)CC2)C1. The number of rotatable bonds is 3. The van der Waals surface area contributed by atoms with E-state index in [2.05, 4.69) is 4.90 Å². The maximum absolute atomic E-state index is 12.1. The standard InChI is InChI=1S/C17H25N3O2.ClH/c18-15-6-9-20(12-15)16-7-10-19(11-8-16)17(21)22-13-14-4-2-1-3-5-14;/h1-5,15-16H,6-13,18H2;1H. The van der Waals surface area contributed by atoms with E-state index in [4.69, 9.17) is 10.5 Å². The fraction of sp³-hybridized carbons (Fsp3) is 0.588. The van der Waals surface area contributed by atoms with E-state index in [9.17, 15) is 4.79 Å². The van der Waals surface area contributed by atoms with Gasteiger partial charge in [0.05, 0.1) is 0 Å². The van der Waals surface area contributed by atoms with Crippen LogP contribution in [-0.2, 0) is 11.3 Å². The largest absolute Gasteiger partial charge is 0.445 e. The molecule has 5 nitrogen and oxygen atoms in total. The number of carbonyl (C=O) groups is 1. The molecular weight excluding hydrogens is 314 g/mol. The fourth-order valence-corrected chi connectivity index (χ4v) is 3.37. The molecule has 0 saturated carbocycles. The minimum atomic E-state index is -0.194. The summed E-state index contributed by atoms with van der Waals surface area (Å²) in [5, 5.41) is 0. The Bertz CT molecular complexity index is 492. The molecule has 2 N–H and O–H groups in total. The molecule has 1 aromatic rings. The number of nitrogens with zero attached hydrogens (tertiary/aromatic N) is 2. The molecule has 2 heterocycles. The summed E-state index contributed by atoms with van der Waals surface area (Å²) in [5.41, 5.74) is 7.00. The lowest BCUT2D eigenvalue weighted by atomic mass is 10.0. The number of carbonyl (C=O) groups excluding carboxylic acids is 1. The van der Waals surface area contributed by atoms with E-state index in [0.717, 1.165) is 51.0 Å². The summed E-state index contributed by atoms with van der Waals surface area (Å²) < 4.78 is 5.40. The lowest BCUT2D eigenvalue weighted by molar-refractivity contribution is 0.0725. The quantitative estimate of drug-likeness (QED) is 0.917. The number of nitrogens with two attached hydrogens (primary N) is 1. The molecule has 6 heteroatoms. The third-order valence-electron chi connectivity index (χ3n) is 4.70. The van der Waals surface area contributed by atoms with Crippen LogP contribution >= 0.6 is 12.4 Å². The van der Waals surface area contributed by atoms with Gasteiger partial charge in [-0.2, -0.15) is 0 Å².